The van der Waals surface area contributed by atoms with Crippen LogP contribution in [0.15, 0.2) is 30.3 Å². The molecule has 0 radical (unpaired) electrons. The first kappa shape index (κ1) is 19.1. The van der Waals surface area contributed by atoms with Crippen molar-refractivity contribution in [3.8, 4) is 0 Å². The van der Waals surface area contributed by atoms with Crippen LogP contribution in [-0.4, -0.2) is 34.1 Å². The van der Waals surface area contributed by atoms with Crippen LogP contribution in [0.4, 0.5) is 19.1 Å². The third kappa shape index (κ3) is 4.56. The fraction of sp³-hybridized carbons (Fsp3) is 0.421. The molecule has 0 atom stereocenters. The second kappa shape index (κ2) is 7.54. The number of hydrogen-bond acceptors (Lipinski definition) is 4. The lowest BCUT2D eigenvalue weighted by molar-refractivity contribution is -0.141. The normalized spacial score (nSPS) is 15.8. The molecular weight excluding hydrogens is 359 g/mol. The average molecular weight is 379 g/mol. The molecule has 1 aliphatic heterocycles. The Labute approximate surface area is 154 Å². The monoisotopic (exact) mass is 379 g/mol. The van der Waals surface area contributed by atoms with E-state index >= 15 is 0 Å². The number of aryl methyl sites for hydroxylation is 1. The van der Waals surface area contributed by atoms with Crippen LogP contribution >= 0.6 is 0 Å². The summed E-state index contributed by atoms with van der Waals surface area (Å²) in [7, 11) is 0. The Kier molecular flexibility index (Phi) is 5.34. The lowest BCUT2D eigenvalue weighted by Crippen LogP contribution is -2.36. The number of carboxylic acids is 1. The van der Waals surface area contributed by atoms with Gasteiger partial charge in [0, 0.05) is 18.8 Å². The SMILES string of the molecule is Cc1cc(C(F)(F)F)nc(N2CCC(Cc3ccccc3C(=O)O)CC2)n1. The summed E-state index contributed by atoms with van der Waals surface area (Å²) in [5.41, 5.74) is 0.443. The summed E-state index contributed by atoms with van der Waals surface area (Å²) >= 11 is 0. The molecule has 27 heavy (non-hydrogen) atoms. The molecule has 8 heteroatoms. The van der Waals surface area contributed by atoms with Gasteiger partial charge >= 0.3 is 12.1 Å². The summed E-state index contributed by atoms with van der Waals surface area (Å²) < 4.78 is 38.9. The summed E-state index contributed by atoms with van der Waals surface area (Å²) in [4.78, 5) is 20.9. The quantitative estimate of drug-likeness (QED) is 0.871. The van der Waals surface area contributed by atoms with Crippen molar-refractivity contribution < 1.29 is 23.1 Å². The molecule has 2 heterocycles. The minimum Gasteiger partial charge on any atom is -0.478 e. The van der Waals surface area contributed by atoms with Crippen molar-refractivity contribution in [1.29, 1.82) is 0 Å². The number of alkyl halides is 3. The van der Waals surface area contributed by atoms with Crippen molar-refractivity contribution in [1.82, 2.24) is 9.97 Å². The topological polar surface area (TPSA) is 66.3 Å². The zero-order valence-electron chi connectivity index (χ0n) is 14.8. The number of rotatable bonds is 4. The Balaban J connectivity index is 1.68. The van der Waals surface area contributed by atoms with E-state index in [2.05, 4.69) is 9.97 Å². The van der Waals surface area contributed by atoms with Crippen molar-refractivity contribution in [2.24, 2.45) is 5.92 Å². The fourth-order valence-electron chi connectivity index (χ4n) is 3.39. The molecule has 0 unspecified atom stereocenters. The van der Waals surface area contributed by atoms with Gasteiger partial charge in [0.25, 0.3) is 0 Å². The molecule has 0 amide bonds. The lowest BCUT2D eigenvalue weighted by atomic mass is 9.88. The number of carboxylic acid groups (broad SMARTS) is 1. The molecule has 0 bridgehead atoms. The predicted molar refractivity (Wildman–Crippen MR) is 93.8 cm³/mol. The number of piperidine rings is 1. The summed E-state index contributed by atoms with van der Waals surface area (Å²) in [6.45, 7) is 2.61. The molecule has 1 aliphatic rings. The Morgan fingerprint density at radius 2 is 1.89 bits per heavy atom. The maximum Gasteiger partial charge on any atom is 0.433 e. The van der Waals surface area contributed by atoms with Crippen molar-refractivity contribution in [3.63, 3.8) is 0 Å². The van der Waals surface area contributed by atoms with Crippen LogP contribution in [-0.2, 0) is 12.6 Å². The van der Waals surface area contributed by atoms with Crippen LogP contribution in [0.25, 0.3) is 0 Å². The standard InChI is InChI=1S/C19H20F3N3O2/c1-12-10-16(19(20,21)22)24-18(23-12)25-8-6-13(7-9-25)11-14-4-2-3-5-15(14)17(26)27/h2-5,10,13H,6-9,11H2,1H3,(H,26,27). The first-order chi connectivity index (χ1) is 12.7. The van der Waals surface area contributed by atoms with Crippen LogP contribution in [0, 0.1) is 12.8 Å². The molecule has 1 fully saturated rings. The van der Waals surface area contributed by atoms with Gasteiger partial charge in [-0.3, -0.25) is 0 Å². The van der Waals surface area contributed by atoms with Gasteiger partial charge in [0.15, 0.2) is 0 Å². The number of halogens is 3. The molecule has 2 aromatic rings. The Morgan fingerprint density at radius 1 is 1.22 bits per heavy atom. The Bertz CT molecular complexity index is 831. The van der Waals surface area contributed by atoms with E-state index in [-0.39, 0.29) is 17.6 Å². The van der Waals surface area contributed by atoms with Gasteiger partial charge in [0.05, 0.1) is 5.56 Å². The zero-order valence-corrected chi connectivity index (χ0v) is 14.8. The maximum absolute atomic E-state index is 13.0. The summed E-state index contributed by atoms with van der Waals surface area (Å²) in [6, 6.07) is 7.86. The summed E-state index contributed by atoms with van der Waals surface area (Å²) in [5.74, 6) is -0.573. The highest BCUT2D eigenvalue weighted by molar-refractivity contribution is 5.89. The third-order valence-electron chi connectivity index (χ3n) is 4.79. The van der Waals surface area contributed by atoms with Gasteiger partial charge in [-0.15, -0.1) is 0 Å². The fourth-order valence-corrected chi connectivity index (χ4v) is 3.39. The second-order valence-electron chi connectivity index (χ2n) is 6.79. The molecule has 3 rings (SSSR count). The van der Waals surface area contributed by atoms with Crippen LogP contribution in [0.1, 0.15) is 40.2 Å². The largest absolute Gasteiger partial charge is 0.478 e. The molecular formula is C19H20F3N3O2. The van der Waals surface area contributed by atoms with Crippen LogP contribution in [0.2, 0.25) is 0 Å². The summed E-state index contributed by atoms with van der Waals surface area (Å²) in [5, 5.41) is 9.29. The van der Waals surface area contributed by atoms with Gasteiger partial charge < -0.3 is 10.0 Å². The minimum absolute atomic E-state index is 0.103. The van der Waals surface area contributed by atoms with Crippen molar-refractivity contribution in [3.05, 3.63) is 52.8 Å². The van der Waals surface area contributed by atoms with Crippen molar-refractivity contribution in [2.45, 2.75) is 32.4 Å². The number of aromatic nitrogens is 2. The predicted octanol–water partition coefficient (Wildman–Crippen LogP) is 3.96. The molecule has 1 aromatic heterocycles. The molecule has 1 saturated heterocycles. The molecule has 1 aromatic carbocycles. The third-order valence-corrected chi connectivity index (χ3v) is 4.79. The molecule has 0 saturated carbocycles. The van der Waals surface area contributed by atoms with Crippen molar-refractivity contribution >= 4 is 11.9 Å². The average Bonchev–Trinajstić information content (AvgIpc) is 2.61. The van der Waals surface area contributed by atoms with E-state index in [1.165, 1.54) is 6.92 Å². The lowest BCUT2D eigenvalue weighted by Gasteiger charge is -2.32. The van der Waals surface area contributed by atoms with E-state index in [9.17, 15) is 23.1 Å². The van der Waals surface area contributed by atoms with Gasteiger partial charge in [-0.2, -0.15) is 13.2 Å². The molecule has 0 aliphatic carbocycles. The smallest absolute Gasteiger partial charge is 0.433 e. The maximum atomic E-state index is 13.0. The molecule has 5 nitrogen and oxygen atoms in total. The van der Waals surface area contributed by atoms with Crippen molar-refractivity contribution in [2.75, 3.05) is 18.0 Å². The van der Waals surface area contributed by atoms with Gasteiger partial charge in [0.2, 0.25) is 5.95 Å². The van der Waals surface area contributed by atoms with E-state index in [1.54, 1.807) is 17.0 Å². The molecule has 0 spiro atoms. The van der Waals surface area contributed by atoms with Gasteiger partial charge in [-0.05, 0) is 49.8 Å². The highest BCUT2D eigenvalue weighted by atomic mass is 19.4. The van der Waals surface area contributed by atoms with E-state index in [0.29, 0.717) is 25.1 Å². The van der Waals surface area contributed by atoms with E-state index in [1.807, 2.05) is 12.1 Å². The number of carbonyl (C=O) groups is 1. The first-order valence-electron chi connectivity index (χ1n) is 8.73. The number of anilines is 1. The van der Waals surface area contributed by atoms with Gasteiger partial charge in [-0.25, -0.2) is 14.8 Å². The number of aromatic carboxylic acids is 1. The van der Waals surface area contributed by atoms with E-state index in [4.69, 9.17) is 0 Å². The van der Waals surface area contributed by atoms with Gasteiger partial charge in [-0.1, -0.05) is 18.2 Å². The number of nitrogens with zero attached hydrogens (tertiary/aromatic N) is 3. The Morgan fingerprint density at radius 3 is 2.52 bits per heavy atom. The zero-order chi connectivity index (χ0) is 19.6. The van der Waals surface area contributed by atoms with E-state index in [0.717, 1.165) is 24.5 Å². The van der Waals surface area contributed by atoms with Crippen LogP contribution in [0.5, 0.6) is 0 Å². The van der Waals surface area contributed by atoms with E-state index < -0.39 is 17.8 Å². The highest BCUT2D eigenvalue weighted by Crippen LogP contribution is 2.30. The number of hydrogen-bond donors (Lipinski definition) is 1. The molecule has 144 valence electrons. The Hall–Kier alpha value is -2.64. The van der Waals surface area contributed by atoms with Crippen LogP contribution in [0.3, 0.4) is 0 Å². The first-order valence-corrected chi connectivity index (χ1v) is 8.73. The number of benzene rings is 1. The second-order valence-corrected chi connectivity index (χ2v) is 6.79. The highest BCUT2D eigenvalue weighted by Gasteiger charge is 2.34. The van der Waals surface area contributed by atoms with Gasteiger partial charge in [0.1, 0.15) is 5.69 Å². The van der Waals surface area contributed by atoms with Crippen LogP contribution < -0.4 is 4.90 Å². The minimum atomic E-state index is -4.50. The summed E-state index contributed by atoms with van der Waals surface area (Å²) in [6.07, 6.45) is -2.38. The molecule has 1 N–H and O–H groups in total.